The van der Waals surface area contributed by atoms with E-state index < -0.39 is 17.8 Å². The van der Waals surface area contributed by atoms with E-state index in [1.54, 1.807) is 18.0 Å². The van der Waals surface area contributed by atoms with Gasteiger partial charge in [0, 0.05) is 17.9 Å². The average molecular weight is 553 g/mol. The summed E-state index contributed by atoms with van der Waals surface area (Å²) < 4.78 is 38.1. The third-order valence-corrected chi connectivity index (χ3v) is 7.21. The van der Waals surface area contributed by atoms with E-state index in [0.717, 1.165) is 47.3 Å². The number of allylic oxidation sites excluding steroid dienone is 2. The fraction of sp³-hybridized carbons (Fsp3) is 0.310. The highest BCUT2D eigenvalue weighted by Crippen LogP contribution is 2.30. The summed E-state index contributed by atoms with van der Waals surface area (Å²) in [5.41, 5.74) is 9.21. The molecule has 2 aromatic rings. The first-order valence-corrected chi connectivity index (χ1v) is 13.7. The molecule has 1 aliphatic heterocycles. The fourth-order valence-electron chi connectivity index (χ4n) is 3.99. The topological polar surface area (TPSA) is 78.7 Å². The molecule has 1 fully saturated rings. The van der Waals surface area contributed by atoms with Crippen LogP contribution in [0.5, 0.6) is 0 Å². The predicted molar refractivity (Wildman–Crippen MR) is 156 cm³/mol. The first-order valence-electron chi connectivity index (χ1n) is 12.7. The maximum Gasteiger partial charge on any atom is 0.416 e. The SMILES string of the molecule is CC(C)c1ccccc1N=C1SCCCN1/N=C/c1ccc(C(N)=NC=NC2C=CC(C(F)(F)F)=CC2)cc1. The van der Waals surface area contributed by atoms with Crippen molar-refractivity contribution in [2.24, 2.45) is 25.8 Å². The maximum atomic E-state index is 12.7. The van der Waals surface area contributed by atoms with E-state index in [1.165, 1.54) is 18.0 Å². The summed E-state index contributed by atoms with van der Waals surface area (Å²) in [5.74, 6) is 1.65. The van der Waals surface area contributed by atoms with Crippen molar-refractivity contribution < 1.29 is 13.2 Å². The summed E-state index contributed by atoms with van der Waals surface area (Å²) in [6.45, 7) is 5.13. The Morgan fingerprint density at radius 3 is 2.59 bits per heavy atom. The van der Waals surface area contributed by atoms with Crippen LogP contribution in [0.3, 0.4) is 0 Å². The molecule has 1 heterocycles. The van der Waals surface area contributed by atoms with Crippen molar-refractivity contribution in [2.75, 3.05) is 12.3 Å². The van der Waals surface area contributed by atoms with Crippen LogP contribution in [-0.2, 0) is 0 Å². The molecule has 1 aliphatic carbocycles. The molecule has 1 saturated heterocycles. The lowest BCUT2D eigenvalue weighted by atomic mass is 10.0. The van der Waals surface area contributed by atoms with Gasteiger partial charge in [-0.1, -0.05) is 86.3 Å². The molecule has 6 nitrogen and oxygen atoms in total. The number of nitrogens with zero attached hydrogens (tertiary/aromatic N) is 5. The van der Waals surface area contributed by atoms with E-state index in [0.29, 0.717) is 11.5 Å². The molecule has 204 valence electrons. The highest BCUT2D eigenvalue weighted by atomic mass is 32.2. The molecule has 0 saturated carbocycles. The second kappa shape index (κ2) is 12.9. The molecule has 0 aromatic heterocycles. The largest absolute Gasteiger partial charge is 0.416 e. The Bertz CT molecular complexity index is 1320. The standard InChI is InChI=1S/C29H31F3N6S/c1-20(2)25-6-3-4-7-26(25)37-28-38(16-5-17-39-28)36-18-21-8-10-22(11-9-21)27(33)35-19-34-24-14-12-23(13-15-24)29(30,31)32/h3-4,6-14,18-20,24H,5,15-17H2,1-2H3,(H2,33,34,35)/b36-18+,37-28?. The summed E-state index contributed by atoms with van der Waals surface area (Å²) in [7, 11) is 0. The predicted octanol–water partition coefficient (Wildman–Crippen LogP) is 6.82. The molecule has 2 aromatic carbocycles. The van der Waals surface area contributed by atoms with Gasteiger partial charge in [-0.2, -0.15) is 18.3 Å². The number of nitrogens with two attached hydrogens (primary N) is 1. The van der Waals surface area contributed by atoms with E-state index >= 15 is 0 Å². The first kappa shape index (κ1) is 28.4. The van der Waals surface area contributed by atoms with Gasteiger partial charge < -0.3 is 5.73 Å². The number of benzene rings is 2. The Morgan fingerprint density at radius 2 is 1.90 bits per heavy atom. The molecule has 0 bridgehead atoms. The second-order valence-electron chi connectivity index (χ2n) is 9.40. The minimum atomic E-state index is -4.34. The third-order valence-electron chi connectivity index (χ3n) is 6.15. The van der Waals surface area contributed by atoms with Crippen LogP contribution in [-0.4, -0.2) is 53.1 Å². The van der Waals surface area contributed by atoms with E-state index in [9.17, 15) is 13.2 Å². The van der Waals surface area contributed by atoms with Crippen molar-refractivity contribution in [3.63, 3.8) is 0 Å². The second-order valence-corrected chi connectivity index (χ2v) is 10.5. The summed E-state index contributed by atoms with van der Waals surface area (Å²) in [6, 6.07) is 15.3. The third kappa shape index (κ3) is 7.92. The van der Waals surface area contributed by atoms with Crippen LogP contribution in [0, 0.1) is 0 Å². The lowest BCUT2D eigenvalue weighted by Crippen LogP contribution is -2.29. The van der Waals surface area contributed by atoms with Crippen molar-refractivity contribution in [3.05, 3.63) is 89.0 Å². The quantitative estimate of drug-likeness (QED) is 0.302. The number of hydrogen-bond acceptors (Lipinski definition) is 4. The van der Waals surface area contributed by atoms with Gasteiger partial charge in [-0.05, 0) is 36.0 Å². The highest BCUT2D eigenvalue weighted by Gasteiger charge is 2.32. The molecule has 2 N–H and O–H groups in total. The molecule has 2 aliphatic rings. The molecule has 10 heteroatoms. The lowest BCUT2D eigenvalue weighted by molar-refractivity contribution is -0.0886. The summed E-state index contributed by atoms with van der Waals surface area (Å²) in [4.78, 5) is 13.3. The van der Waals surface area contributed by atoms with Gasteiger partial charge >= 0.3 is 6.18 Å². The van der Waals surface area contributed by atoms with Gasteiger partial charge in [0.05, 0.1) is 23.5 Å². The van der Waals surface area contributed by atoms with Crippen LogP contribution in [0.15, 0.2) is 92.4 Å². The molecule has 39 heavy (non-hydrogen) atoms. The summed E-state index contributed by atoms with van der Waals surface area (Å²) in [6.07, 6.45) is 3.53. The number of halogens is 3. The van der Waals surface area contributed by atoms with Gasteiger partial charge in [0.2, 0.25) is 0 Å². The molecule has 1 unspecified atom stereocenters. The molecule has 1 atom stereocenters. The molecule has 0 spiro atoms. The van der Waals surface area contributed by atoms with Gasteiger partial charge in [-0.3, -0.25) is 4.99 Å². The van der Waals surface area contributed by atoms with Crippen molar-refractivity contribution >= 4 is 41.0 Å². The minimum absolute atomic E-state index is 0.164. The Hall–Kier alpha value is -3.66. The van der Waals surface area contributed by atoms with Gasteiger partial charge in [-0.25, -0.2) is 15.0 Å². The lowest BCUT2D eigenvalue weighted by Gasteiger charge is -2.25. The number of hydrazone groups is 1. The van der Waals surface area contributed by atoms with Crippen LogP contribution in [0.1, 0.15) is 49.3 Å². The zero-order chi connectivity index (χ0) is 27.8. The zero-order valence-corrected chi connectivity index (χ0v) is 22.7. The molecule has 0 radical (unpaired) electrons. The number of alkyl halides is 3. The van der Waals surface area contributed by atoms with Gasteiger partial charge in [0.25, 0.3) is 0 Å². The van der Waals surface area contributed by atoms with Crippen molar-refractivity contribution in [1.29, 1.82) is 0 Å². The van der Waals surface area contributed by atoms with Crippen molar-refractivity contribution in [1.82, 2.24) is 5.01 Å². The van der Waals surface area contributed by atoms with Crippen LogP contribution in [0.4, 0.5) is 18.9 Å². The normalized spacial score (nSPS) is 20.0. The number of thioether (sulfide) groups is 1. The molecular formula is C29H31F3N6S. The minimum Gasteiger partial charge on any atom is -0.383 e. The van der Waals surface area contributed by atoms with E-state index in [1.807, 2.05) is 47.5 Å². The van der Waals surface area contributed by atoms with Crippen LogP contribution >= 0.6 is 11.8 Å². The Morgan fingerprint density at radius 1 is 1.13 bits per heavy atom. The number of hydrogen-bond donors (Lipinski definition) is 1. The van der Waals surface area contributed by atoms with Gasteiger partial charge in [-0.15, -0.1) is 0 Å². The first-order chi connectivity index (χ1) is 18.7. The Kier molecular flexibility index (Phi) is 9.40. The van der Waals surface area contributed by atoms with Crippen LogP contribution in [0.25, 0.3) is 0 Å². The summed E-state index contributed by atoms with van der Waals surface area (Å²) in [5, 5.41) is 7.52. The Balaban J connectivity index is 1.39. The average Bonchev–Trinajstić information content (AvgIpc) is 2.93. The fourth-order valence-corrected chi connectivity index (χ4v) is 4.89. The van der Waals surface area contributed by atoms with E-state index in [4.69, 9.17) is 15.8 Å². The number of aliphatic imine (C=N–C) groups is 3. The maximum absolute atomic E-state index is 12.7. The monoisotopic (exact) mass is 552 g/mol. The number of amidine groups is 2. The molecule has 4 rings (SSSR count). The van der Waals surface area contributed by atoms with Crippen LogP contribution < -0.4 is 5.73 Å². The van der Waals surface area contributed by atoms with Gasteiger partial charge in [0.15, 0.2) is 5.17 Å². The van der Waals surface area contributed by atoms with E-state index in [-0.39, 0.29) is 12.3 Å². The van der Waals surface area contributed by atoms with Gasteiger partial charge in [0.1, 0.15) is 12.2 Å². The van der Waals surface area contributed by atoms with E-state index in [2.05, 4.69) is 29.9 Å². The molecule has 0 amide bonds. The van der Waals surface area contributed by atoms with Crippen LogP contribution in [0.2, 0.25) is 0 Å². The summed E-state index contributed by atoms with van der Waals surface area (Å²) >= 11 is 1.71. The number of rotatable bonds is 7. The molecular weight excluding hydrogens is 521 g/mol. The zero-order valence-electron chi connectivity index (χ0n) is 21.8. The number of para-hydroxylation sites is 1. The smallest absolute Gasteiger partial charge is 0.383 e. The highest BCUT2D eigenvalue weighted by molar-refractivity contribution is 8.13. The van der Waals surface area contributed by atoms with Crippen molar-refractivity contribution in [3.8, 4) is 0 Å². The van der Waals surface area contributed by atoms with Crippen molar-refractivity contribution in [2.45, 2.75) is 44.8 Å². The Labute approximate surface area is 231 Å².